The van der Waals surface area contributed by atoms with Gasteiger partial charge in [-0.25, -0.2) is 8.42 Å². The minimum absolute atomic E-state index is 0.0348. The first-order valence-electron chi connectivity index (χ1n) is 12.9. The lowest BCUT2D eigenvalue weighted by atomic mass is 10.1. The Morgan fingerprint density at radius 3 is 2.25 bits per heavy atom. The number of ether oxygens (including phenoxy) is 1. The van der Waals surface area contributed by atoms with Crippen LogP contribution in [0.3, 0.4) is 0 Å². The summed E-state index contributed by atoms with van der Waals surface area (Å²) in [6.07, 6.45) is 0. The van der Waals surface area contributed by atoms with Crippen molar-refractivity contribution < 1.29 is 22.7 Å². The van der Waals surface area contributed by atoms with Gasteiger partial charge in [0.25, 0.3) is 10.0 Å². The molecule has 0 radical (unpaired) electrons. The third kappa shape index (κ3) is 7.55. The van der Waals surface area contributed by atoms with Gasteiger partial charge >= 0.3 is 0 Å². The number of nitrogens with one attached hydrogen (secondary N) is 1. The smallest absolute Gasteiger partial charge is 0.264 e. The number of sulfonamides is 1. The fraction of sp³-hybridized carbons (Fsp3) is 0.333. The van der Waals surface area contributed by atoms with E-state index in [1.54, 1.807) is 63.4 Å². The van der Waals surface area contributed by atoms with E-state index in [9.17, 15) is 18.0 Å². The molecule has 0 aliphatic carbocycles. The Hall–Kier alpha value is -3.56. The Balaban J connectivity index is 2.06. The average Bonchev–Trinajstić information content (AvgIpc) is 2.91. The summed E-state index contributed by atoms with van der Waals surface area (Å²) in [5, 5.41) is 3.21. The number of anilines is 1. The Labute approximate surface area is 241 Å². The standard InChI is InChI=1S/C30H36ClN3O5S/c1-20(2)32-30(36)23(5)33(18-24-8-7-9-26(16-24)39-6)29(35)19-34(25-13-12-22(4)28(31)17-25)40(37,38)27-14-10-21(3)11-15-27/h7-17,20,23H,18-19H2,1-6H3,(H,32,36)/t23-/m0/s1. The number of methoxy groups -OCH3 is 1. The molecule has 0 bridgehead atoms. The second-order valence-corrected chi connectivity index (χ2v) is 12.2. The molecular weight excluding hydrogens is 550 g/mol. The number of benzene rings is 3. The fourth-order valence-electron chi connectivity index (χ4n) is 4.06. The molecule has 0 fully saturated rings. The predicted octanol–water partition coefficient (Wildman–Crippen LogP) is 5.10. The van der Waals surface area contributed by atoms with Crippen LogP contribution in [0.2, 0.25) is 5.02 Å². The molecule has 0 saturated carbocycles. The second-order valence-electron chi connectivity index (χ2n) is 9.97. The van der Waals surface area contributed by atoms with Crippen molar-refractivity contribution in [3.8, 4) is 5.75 Å². The molecule has 40 heavy (non-hydrogen) atoms. The van der Waals surface area contributed by atoms with Gasteiger partial charge in [-0.2, -0.15) is 0 Å². The Morgan fingerprint density at radius 2 is 1.65 bits per heavy atom. The van der Waals surface area contributed by atoms with Gasteiger partial charge in [0.05, 0.1) is 17.7 Å². The lowest BCUT2D eigenvalue weighted by Gasteiger charge is -2.32. The van der Waals surface area contributed by atoms with Crippen LogP contribution in [0.5, 0.6) is 5.75 Å². The molecule has 10 heteroatoms. The molecule has 0 spiro atoms. The summed E-state index contributed by atoms with van der Waals surface area (Å²) in [6.45, 7) is 8.47. The molecule has 214 valence electrons. The normalized spacial score (nSPS) is 12.1. The lowest BCUT2D eigenvalue weighted by molar-refractivity contribution is -0.139. The summed E-state index contributed by atoms with van der Waals surface area (Å²) >= 11 is 6.37. The largest absolute Gasteiger partial charge is 0.497 e. The zero-order valence-corrected chi connectivity index (χ0v) is 25.2. The van der Waals surface area contributed by atoms with E-state index < -0.39 is 28.5 Å². The summed E-state index contributed by atoms with van der Waals surface area (Å²) in [5.41, 5.74) is 2.63. The fourth-order valence-corrected chi connectivity index (χ4v) is 5.64. The lowest BCUT2D eigenvalue weighted by Crippen LogP contribution is -2.52. The zero-order valence-electron chi connectivity index (χ0n) is 23.6. The van der Waals surface area contributed by atoms with Crippen LogP contribution in [0.15, 0.2) is 71.6 Å². The molecule has 3 aromatic rings. The minimum Gasteiger partial charge on any atom is -0.497 e. The second kappa shape index (κ2) is 13.2. The van der Waals surface area contributed by atoms with E-state index in [2.05, 4.69) is 5.32 Å². The average molecular weight is 586 g/mol. The minimum atomic E-state index is -4.17. The summed E-state index contributed by atoms with van der Waals surface area (Å²) in [5.74, 6) is -0.304. The van der Waals surface area contributed by atoms with Crippen LogP contribution < -0.4 is 14.4 Å². The number of amides is 2. The first-order valence-corrected chi connectivity index (χ1v) is 14.7. The summed E-state index contributed by atoms with van der Waals surface area (Å²) in [7, 11) is -2.63. The van der Waals surface area contributed by atoms with Crippen LogP contribution in [0.1, 0.15) is 37.5 Å². The Bertz CT molecular complexity index is 1460. The number of nitrogens with zero attached hydrogens (tertiary/aromatic N) is 2. The van der Waals surface area contributed by atoms with Crippen molar-refractivity contribution in [2.24, 2.45) is 0 Å². The monoisotopic (exact) mass is 585 g/mol. The molecule has 3 aromatic carbocycles. The van der Waals surface area contributed by atoms with Crippen LogP contribution in [-0.2, 0) is 26.2 Å². The number of halogens is 1. The maximum absolute atomic E-state index is 14.0. The van der Waals surface area contributed by atoms with Crippen LogP contribution in [0, 0.1) is 13.8 Å². The highest BCUT2D eigenvalue weighted by atomic mass is 35.5. The zero-order chi connectivity index (χ0) is 29.6. The highest BCUT2D eigenvalue weighted by molar-refractivity contribution is 7.92. The quantitative estimate of drug-likeness (QED) is 0.338. The van der Waals surface area contributed by atoms with Crippen molar-refractivity contribution >= 4 is 39.1 Å². The summed E-state index contributed by atoms with van der Waals surface area (Å²) < 4.78 is 34.2. The molecule has 8 nitrogen and oxygen atoms in total. The summed E-state index contributed by atoms with van der Waals surface area (Å²) in [6, 6.07) is 17.4. The Morgan fingerprint density at radius 1 is 0.975 bits per heavy atom. The van der Waals surface area contributed by atoms with E-state index in [-0.39, 0.29) is 29.1 Å². The molecule has 1 N–H and O–H groups in total. The van der Waals surface area contributed by atoms with Crippen LogP contribution in [0.25, 0.3) is 0 Å². The van der Waals surface area contributed by atoms with Gasteiger partial charge in [0.15, 0.2) is 0 Å². The van der Waals surface area contributed by atoms with Gasteiger partial charge in [0.2, 0.25) is 11.8 Å². The molecular formula is C30H36ClN3O5S. The molecule has 0 saturated heterocycles. The van der Waals surface area contributed by atoms with Gasteiger partial charge in [-0.15, -0.1) is 0 Å². The van der Waals surface area contributed by atoms with Crippen LogP contribution in [0.4, 0.5) is 5.69 Å². The van der Waals surface area contributed by atoms with Crippen molar-refractivity contribution in [3.05, 3.63) is 88.4 Å². The van der Waals surface area contributed by atoms with Gasteiger partial charge in [0, 0.05) is 17.6 Å². The Kier molecular flexibility index (Phi) is 10.2. The number of hydrogen-bond acceptors (Lipinski definition) is 5. The maximum atomic E-state index is 14.0. The third-order valence-corrected chi connectivity index (χ3v) is 8.61. The highest BCUT2D eigenvalue weighted by Crippen LogP contribution is 2.29. The van der Waals surface area contributed by atoms with E-state index in [1.165, 1.54) is 23.1 Å². The third-order valence-electron chi connectivity index (χ3n) is 6.42. The molecule has 0 aliphatic rings. The van der Waals surface area contributed by atoms with Crippen LogP contribution >= 0.6 is 11.6 Å². The molecule has 0 aromatic heterocycles. The first-order chi connectivity index (χ1) is 18.8. The van der Waals surface area contributed by atoms with Crippen molar-refractivity contribution in [3.63, 3.8) is 0 Å². The molecule has 3 rings (SSSR count). The highest BCUT2D eigenvalue weighted by Gasteiger charge is 2.33. The number of rotatable bonds is 11. The van der Waals surface area contributed by atoms with Gasteiger partial charge < -0.3 is 15.0 Å². The van der Waals surface area contributed by atoms with Gasteiger partial charge in [-0.1, -0.05) is 47.5 Å². The van der Waals surface area contributed by atoms with E-state index in [1.807, 2.05) is 26.8 Å². The van der Waals surface area contributed by atoms with Crippen molar-refractivity contribution in [2.75, 3.05) is 18.0 Å². The van der Waals surface area contributed by atoms with Crippen molar-refractivity contribution in [1.29, 1.82) is 0 Å². The molecule has 0 unspecified atom stereocenters. The van der Waals surface area contributed by atoms with Gasteiger partial charge in [-0.3, -0.25) is 13.9 Å². The summed E-state index contributed by atoms with van der Waals surface area (Å²) in [4.78, 5) is 28.4. The van der Waals surface area contributed by atoms with E-state index >= 15 is 0 Å². The SMILES string of the molecule is COc1cccc(CN(C(=O)CN(c2ccc(C)c(Cl)c2)S(=O)(=O)c2ccc(C)cc2)[C@@H](C)C(=O)NC(C)C)c1. The van der Waals surface area contributed by atoms with E-state index in [0.29, 0.717) is 10.8 Å². The molecule has 0 heterocycles. The number of hydrogen-bond donors (Lipinski definition) is 1. The molecule has 1 atom stereocenters. The van der Waals surface area contributed by atoms with Gasteiger partial charge in [-0.05, 0) is 82.1 Å². The molecule has 2 amide bonds. The van der Waals surface area contributed by atoms with Crippen molar-refractivity contribution in [2.45, 2.75) is 58.1 Å². The first kappa shape index (κ1) is 31.0. The number of aryl methyl sites for hydroxylation is 2. The number of carbonyl (C=O) groups excluding carboxylic acids is 2. The van der Waals surface area contributed by atoms with Crippen LogP contribution in [-0.4, -0.2) is 50.9 Å². The van der Waals surface area contributed by atoms with E-state index in [4.69, 9.17) is 16.3 Å². The topological polar surface area (TPSA) is 96.0 Å². The molecule has 0 aliphatic heterocycles. The maximum Gasteiger partial charge on any atom is 0.264 e. The van der Waals surface area contributed by atoms with E-state index in [0.717, 1.165) is 21.0 Å². The number of carbonyl (C=O) groups is 2. The van der Waals surface area contributed by atoms with Crippen molar-refractivity contribution in [1.82, 2.24) is 10.2 Å². The predicted molar refractivity (Wildman–Crippen MR) is 158 cm³/mol. The van der Waals surface area contributed by atoms with Gasteiger partial charge in [0.1, 0.15) is 18.3 Å².